The van der Waals surface area contributed by atoms with Gasteiger partial charge in [0.2, 0.25) is 0 Å². The van der Waals surface area contributed by atoms with Crippen LogP contribution < -0.4 is 5.43 Å². The van der Waals surface area contributed by atoms with Crippen molar-refractivity contribution in [2.75, 3.05) is 5.75 Å². The van der Waals surface area contributed by atoms with Crippen LogP contribution in [0.5, 0.6) is 0 Å². The highest BCUT2D eigenvalue weighted by Crippen LogP contribution is 2.22. The minimum Gasteiger partial charge on any atom is -0.344 e. The fourth-order valence-corrected chi connectivity index (χ4v) is 3.64. The van der Waals surface area contributed by atoms with E-state index in [4.69, 9.17) is 0 Å². The molecule has 0 N–H and O–H groups in total. The van der Waals surface area contributed by atoms with Crippen LogP contribution in [-0.2, 0) is 6.54 Å². The van der Waals surface area contributed by atoms with Crippen molar-refractivity contribution >= 4 is 22.7 Å². The minimum atomic E-state index is 0.200. The summed E-state index contributed by atoms with van der Waals surface area (Å²) in [5.41, 5.74) is 3.35. The standard InChI is InChI=1S/C18H25NOS/c1-12(2)17-14(5)19(10-11-21-13(3)4)16-9-7-6-8-15(16)18(17)20/h6-9,12-13H,10-11H2,1-5H3. The summed E-state index contributed by atoms with van der Waals surface area (Å²) in [6.07, 6.45) is 0. The molecule has 0 spiro atoms. The summed E-state index contributed by atoms with van der Waals surface area (Å²) in [4.78, 5) is 12.7. The predicted molar refractivity (Wildman–Crippen MR) is 94.6 cm³/mol. The zero-order chi connectivity index (χ0) is 15.6. The first-order valence-corrected chi connectivity index (χ1v) is 8.72. The number of nitrogens with zero attached hydrogens (tertiary/aromatic N) is 1. The number of para-hydroxylation sites is 1. The van der Waals surface area contributed by atoms with Gasteiger partial charge in [0, 0.05) is 28.9 Å². The molecule has 2 nitrogen and oxygen atoms in total. The number of fused-ring (bicyclic) bond motifs is 1. The summed E-state index contributed by atoms with van der Waals surface area (Å²) in [7, 11) is 0. The lowest BCUT2D eigenvalue weighted by Gasteiger charge is -2.20. The van der Waals surface area contributed by atoms with Crippen molar-refractivity contribution in [2.45, 2.75) is 52.3 Å². The monoisotopic (exact) mass is 303 g/mol. The maximum absolute atomic E-state index is 12.7. The summed E-state index contributed by atoms with van der Waals surface area (Å²) in [5, 5.41) is 1.49. The second kappa shape index (κ2) is 6.69. The topological polar surface area (TPSA) is 22.0 Å². The molecule has 0 amide bonds. The number of rotatable bonds is 5. The molecule has 0 bridgehead atoms. The van der Waals surface area contributed by atoms with E-state index in [1.54, 1.807) is 0 Å². The fourth-order valence-electron chi connectivity index (χ4n) is 2.88. The van der Waals surface area contributed by atoms with E-state index in [1.165, 1.54) is 0 Å². The Morgan fingerprint density at radius 2 is 1.81 bits per heavy atom. The van der Waals surface area contributed by atoms with Crippen molar-refractivity contribution in [3.63, 3.8) is 0 Å². The van der Waals surface area contributed by atoms with Crippen LogP contribution in [0.2, 0.25) is 0 Å². The third kappa shape index (κ3) is 3.34. The van der Waals surface area contributed by atoms with Gasteiger partial charge in [0.05, 0.1) is 5.52 Å². The molecule has 2 aromatic rings. The quantitative estimate of drug-likeness (QED) is 0.807. The molecule has 0 aliphatic rings. The van der Waals surface area contributed by atoms with Gasteiger partial charge in [-0.15, -0.1) is 0 Å². The van der Waals surface area contributed by atoms with E-state index in [9.17, 15) is 4.79 Å². The normalized spacial score (nSPS) is 11.8. The predicted octanol–water partition coefficient (Wildman–Crippen LogP) is 4.57. The molecule has 0 saturated carbocycles. The van der Waals surface area contributed by atoms with E-state index < -0.39 is 0 Å². The summed E-state index contributed by atoms with van der Waals surface area (Å²) in [5.74, 6) is 1.33. The van der Waals surface area contributed by atoms with Gasteiger partial charge in [0.25, 0.3) is 0 Å². The molecule has 1 aromatic heterocycles. The Morgan fingerprint density at radius 3 is 2.43 bits per heavy atom. The lowest BCUT2D eigenvalue weighted by atomic mass is 9.98. The maximum Gasteiger partial charge on any atom is 0.193 e. The minimum absolute atomic E-state index is 0.200. The van der Waals surface area contributed by atoms with Crippen LogP contribution in [0.1, 0.15) is 44.9 Å². The van der Waals surface area contributed by atoms with E-state index in [2.05, 4.69) is 45.3 Å². The number of pyridine rings is 1. The molecular formula is C18H25NOS. The largest absolute Gasteiger partial charge is 0.344 e. The van der Waals surface area contributed by atoms with Gasteiger partial charge in [-0.25, -0.2) is 0 Å². The number of hydrogen-bond acceptors (Lipinski definition) is 2. The first kappa shape index (κ1) is 16.2. The third-order valence-electron chi connectivity index (χ3n) is 3.82. The Morgan fingerprint density at radius 1 is 1.14 bits per heavy atom. The zero-order valence-corrected chi connectivity index (χ0v) is 14.5. The molecule has 0 fully saturated rings. The van der Waals surface area contributed by atoms with Crippen LogP contribution in [0.25, 0.3) is 10.9 Å². The van der Waals surface area contributed by atoms with E-state index in [0.29, 0.717) is 5.25 Å². The van der Waals surface area contributed by atoms with Gasteiger partial charge < -0.3 is 4.57 Å². The van der Waals surface area contributed by atoms with Gasteiger partial charge in [0.1, 0.15) is 0 Å². The second-order valence-corrected chi connectivity index (χ2v) is 7.76. The van der Waals surface area contributed by atoms with Gasteiger partial charge in [-0.3, -0.25) is 4.79 Å². The number of aryl methyl sites for hydroxylation is 1. The summed E-state index contributed by atoms with van der Waals surface area (Å²) in [6.45, 7) is 11.7. The molecule has 1 aromatic carbocycles. The van der Waals surface area contributed by atoms with Crippen molar-refractivity contribution in [1.29, 1.82) is 0 Å². The molecule has 114 valence electrons. The van der Waals surface area contributed by atoms with Gasteiger partial charge in [0.15, 0.2) is 5.43 Å². The maximum atomic E-state index is 12.7. The van der Waals surface area contributed by atoms with E-state index >= 15 is 0 Å². The Labute approximate surface area is 131 Å². The molecule has 3 heteroatoms. The number of hydrogen-bond donors (Lipinski definition) is 0. The van der Waals surface area contributed by atoms with Crippen LogP contribution >= 0.6 is 11.8 Å². The Balaban J connectivity index is 2.59. The molecular weight excluding hydrogens is 278 g/mol. The molecule has 0 aliphatic carbocycles. The van der Waals surface area contributed by atoms with Gasteiger partial charge in [-0.05, 0) is 30.2 Å². The van der Waals surface area contributed by atoms with Gasteiger partial charge in [-0.1, -0.05) is 39.8 Å². The van der Waals surface area contributed by atoms with Crippen LogP contribution in [0.3, 0.4) is 0 Å². The first-order chi connectivity index (χ1) is 9.93. The zero-order valence-electron chi connectivity index (χ0n) is 13.6. The van der Waals surface area contributed by atoms with Gasteiger partial charge in [-0.2, -0.15) is 11.8 Å². The van der Waals surface area contributed by atoms with Crippen LogP contribution in [-0.4, -0.2) is 15.6 Å². The highest BCUT2D eigenvalue weighted by atomic mass is 32.2. The summed E-state index contributed by atoms with van der Waals surface area (Å²) in [6, 6.07) is 7.99. The second-order valence-electron chi connectivity index (χ2n) is 6.07. The highest BCUT2D eigenvalue weighted by molar-refractivity contribution is 7.99. The van der Waals surface area contributed by atoms with Crippen molar-refractivity contribution in [3.8, 4) is 0 Å². The van der Waals surface area contributed by atoms with Gasteiger partial charge >= 0.3 is 0 Å². The average Bonchev–Trinajstić information content (AvgIpc) is 2.42. The van der Waals surface area contributed by atoms with Crippen LogP contribution in [0, 0.1) is 6.92 Å². The van der Waals surface area contributed by atoms with Crippen molar-refractivity contribution in [1.82, 2.24) is 4.57 Å². The van der Waals surface area contributed by atoms with Crippen molar-refractivity contribution in [3.05, 3.63) is 45.7 Å². The lowest BCUT2D eigenvalue weighted by molar-refractivity contribution is 0.729. The molecule has 0 atom stereocenters. The van der Waals surface area contributed by atoms with E-state index in [0.717, 1.165) is 34.5 Å². The Hall–Kier alpha value is -1.22. The molecule has 2 rings (SSSR count). The molecule has 1 heterocycles. The summed E-state index contributed by atoms with van der Waals surface area (Å²) < 4.78 is 2.32. The Bertz CT molecular complexity index is 685. The molecule has 0 radical (unpaired) electrons. The number of benzene rings is 1. The Kier molecular flexibility index (Phi) is 5.15. The van der Waals surface area contributed by atoms with E-state index in [-0.39, 0.29) is 11.3 Å². The smallest absolute Gasteiger partial charge is 0.193 e. The molecule has 0 unspecified atom stereocenters. The fraction of sp³-hybridized carbons (Fsp3) is 0.500. The van der Waals surface area contributed by atoms with Crippen LogP contribution in [0.15, 0.2) is 29.1 Å². The third-order valence-corrected chi connectivity index (χ3v) is 4.91. The molecule has 0 saturated heterocycles. The van der Waals surface area contributed by atoms with Crippen LogP contribution in [0.4, 0.5) is 0 Å². The number of thioether (sulfide) groups is 1. The average molecular weight is 303 g/mol. The molecule has 21 heavy (non-hydrogen) atoms. The van der Waals surface area contributed by atoms with E-state index in [1.807, 2.05) is 30.0 Å². The summed E-state index contributed by atoms with van der Waals surface area (Å²) >= 11 is 1.96. The first-order valence-electron chi connectivity index (χ1n) is 7.67. The number of aromatic nitrogens is 1. The van der Waals surface area contributed by atoms with Crippen molar-refractivity contribution in [2.24, 2.45) is 0 Å². The SMILES string of the molecule is Cc1c(C(C)C)c(=O)c2ccccc2n1CCSC(C)C. The lowest BCUT2D eigenvalue weighted by Crippen LogP contribution is -2.20. The molecule has 0 aliphatic heterocycles. The van der Waals surface area contributed by atoms with Crippen molar-refractivity contribution < 1.29 is 0 Å². The highest BCUT2D eigenvalue weighted by Gasteiger charge is 2.16.